The van der Waals surface area contributed by atoms with Gasteiger partial charge in [0.2, 0.25) is 0 Å². The highest BCUT2D eigenvalue weighted by molar-refractivity contribution is 5.85. The maximum absolute atomic E-state index is 10.4. The second-order valence-corrected chi connectivity index (χ2v) is 8.62. The van der Waals surface area contributed by atoms with E-state index in [9.17, 15) is 15.3 Å². The van der Waals surface area contributed by atoms with E-state index in [-0.39, 0.29) is 11.5 Å². The summed E-state index contributed by atoms with van der Waals surface area (Å²) >= 11 is 0. The number of aliphatic hydroxyl groups excluding tert-OH is 1. The number of aliphatic hydroxyl groups is 1. The highest BCUT2D eigenvalue weighted by Gasteiger charge is 2.26. The molecular formula is C26H32O6. The smallest absolute Gasteiger partial charge is 0.138 e. The summed E-state index contributed by atoms with van der Waals surface area (Å²) in [5.41, 5.74) is 2.71. The number of ether oxygens (including phenoxy) is 2. The lowest BCUT2D eigenvalue weighted by atomic mass is 9.94. The van der Waals surface area contributed by atoms with Crippen molar-refractivity contribution in [3.8, 4) is 28.6 Å². The van der Waals surface area contributed by atoms with Gasteiger partial charge in [0.25, 0.3) is 0 Å². The van der Waals surface area contributed by atoms with Crippen molar-refractivity contribution >= 4 is 11.0 Å². The van der Waals surface area contributed by atoms with Gasteiger partial charge in [-0.15, -0.1) is 0 Å². The lowest BCUT2D eigenvalue weighted by Gasteiger charge is -2.29. The Labute approximate surface area is 188 Å². The first-order valence-corrected chi connectivity index (χ1v) is 10.7. The number of rotatable bonds is 9. The number of phenolic OH excluding ortho intramolecular Hbond substituents is 2. The first-order valence-electron chi connectivity index (χ1n) is 10.7. The molecule has 172 valence electrons. The molecule has 0 fully saturated rings. The number of phenols is 2. The molecule has 0 aliphatic heterocycles. The molecule has 1 aromatic heterocycles. The fourth-order valence-corrected chi connectivity index (χ4v) is 3.62. The SMILES string of the molecule is COc1cc(O)cc(-c2cc3ccc(O)cc3o2)c1CC=C(C)CC[C@H](O)C(C)(C)OC. The molecule has 3 rings (SSSR count). The standard InChI is InChI=1S/C26H32O6/c1-16(7-11-25(29)26(2,3)31-5)6-10-20-21(13-19(28)15-23(20)30-4)24-12-17-8-9-18(27)14-22(17)32-24/h6,8-9,12-15,25,27-29H,7,10-11H2,1-5H3/t25-/m0/s1. The van der Waals surface area contributed by atoms with Crippen molar-refractivity contribution in [1.82, 2.24) is 0 Å². The summed E-state index contributed by atoms with van der Waals surface area (Å²) in [4.78, 5) is 0. The quantitative estimate of drug-likeness (QED) is 0.377. The average Bonchev–Trinajstić information content (AvgIpc) is 3.18. The highest BCUT2D eigenvalue weighted by Crippen LogP contribution is 2.38. The Kier molecular flexibility index (Phi) is 7.16. The Hall–Kier alpha value is -2.96. The van der Waals surface area contributed by atoms with E-state index in [0.29, 0.717) is 29.9 Å². The van der Waals surface area contributed by atoms with Crippen LogP contribution in [0.25, 0.3) is 22.3 Å². The van der Waals surface area contributed by atoms with E-state index >= 15 is 0 Å². The summed E-state index contributed by atoms with van der Waals surface area (Å²) in [5, 5.41) is 31.2. The normalized spacial score (nSPS) is 13.5. The third-order valence-corrected chi connectivity index (χ3v) is 5.98. The molecule has 0 aliphatic rings. The van der Waals surface area contributed by atoms with Crippen molar-refractivity contribution in [3.63, 3.8) is 0 Å². The summed E-state index contributed by atoms with van der Waals surface area (Å²) in [5.74, 6) is 1.35. The van der Waals surface area contributed by atoms with E-state index in [1.54, 1.807) is 44.6 Å². The third kappa shape index (κ3) is 5.26. The highest BCUT2D eigenvalue weighted by atomic mass is 16.5. The zero-order valence-corrected chi connectivity index (χ0v) is 19.3. The van der Waals surface area contributed by atoms with Gasteiger partial charge in [0.05, 0.1) is 18.8 Å². The van der Waals surface area contributed by atoms with Crippen molar-refractivity contribution < 1.29 is 29.2 Å². The van der Waals surface area contributed by atoms with Crippen LogP contribution >= 0.6 is 0 Å². The van der Waals surface area contributed by atoms with Gasteiger partial charge in [-0.05, 0) is 64.3 Å². The molecule has 3 N–H and O–H groups in total. The van der Waals surface area contributed by atoms with E-state index in [1.807, 2.05) is 26.8 Å². The van der Waals surface area contributed by atoms with Gasteiger partial charge < -0.3 is 29.2 Å². The van der Waals surface area contributed by atoms with Crippen LogP contribution in [0, 0.1) is 0 Å². The number of furan rings is 1. The number of benzene rings is 2. The molecular weight excluding hydrogens is 408 g/mol. The van der Waals surface area contributed by atoms with E-state index in [4.69, 9.17) is 13.9 Å². The van der Waals surface area contributed by atoms with Crippen LogP contribution in [0.3, 0.4) is 0 Å². The Morgan fingerprint density at radius 2 is 1.84 bits per heavy atom. The van der Waals surface area contributed by atoms with Crippen LogP contribution in [0.2, 0.25) is 0 Å². The minimum atomic E-state index is -0.594. The fraction of sp³-hybridized carbons (Fsp3) is 0.385. The monoisotopic (exact) mass is 440 g/mol. The number of allylic oxidation sites excluding steroid dienone is 2. The molecule has 32 heavy (non-hydrogen) atoms. The van der Waals surface area contributed by atoms with Crippen molar-refractivity contribution in [1.29, 1.82) is 0 Å². The molecule has 3 aromatic rings. The van der Waals surface area contributed by atoms with Gasteiger partial charge in [0.15, 0.2) is 0 Å². The van der Waals surface area contributed by atoms with Gasteiger partial charge in [-0.2, -0.15) is 0 Å². The number of hydrogen-bond donors (Lipinski definition) is 3. The van der Waals surface area contributed by atoms with Crippen LogP contribution in [0.5, 0.6) is 17.2 Å². The maximum Gasteiger partial charge on any atom is 0.138 e. The largest absolute Gasteiger partial charge is 0.508 e. The molecule has 1 atom stereocenters. The zero-order valence-electron chi connectivity index (χ0n) is 19.3. The van der Waals surface area contributed by atoms with Gasteiger partial charge in [0.1, 0.15) is 28.6 Å². The van der Waals surface area contributed by atoms with Crippen LogP contribution in [-0.2, 0) is 11.2 Å². The minimum absolute atomic E-state index is 0.0783. The summed E-state index contributed by atoms with van der Waals surface area (Å²) in [6.45, 7) is 5.78. The van der Waals surface area contributed by atoms with Crippen LogP contribution in [0.1, 0.15) is 39.2 Å². The van der Waals surface area contributed by atoms with Crippen LogP contribution in [0.15, 0.2) is 52.5 Å². The molecule has 2 aromatic carbocycles. The Morgan fingerprint density at radius 1 is 1.09 bits per heavy atom. The molecule has 0 saturated carbocycles. The van der Waals surface area contributed by atoms with Gasteiger partial charge in [-0.1, -0.05) is 11.6 Å². The van der Waals surface area contributed by atoms with Crippen molar-refractivity contribution in [2.75, 3.05) is 14.2 Å². The van der Waals surface area contributed by atoms with Gasteiger partial charge in [-0.3, -0.25) is 0 Å². The van der Waals surface area contributed by atoms with Gasteiger partial charge >= 0.3 is 0 Å². The number of fused-ring (bicyclic) bond motifs is 1. The van der Waals surface area contributed by atoms with Crippen LogP contribution < -0.4 is 4.74 Å². The first kappa shape index (κ1) is 23.7. The lowest BCUT2D eigenvalue weighted by Crippen LogP contribution is -2.37. The summed E-state index contributed by atoms with van der Waals surface area (Å²) in [6.07, 6.45) is 3.42. The molecule has 0 radical (unpaired) electrons. The third-order valence-electron chi connectivity index (χ3n) is 5.98. The Bertz CT molecular complexity index is 1110. The van der Waals surface area contributed by atoms with Gasteiger partial charge in [0, 0.05) is 35.8 Å². The topological polar surface area (TPSA) is 92.3 Å². The van der Waals surface area contributed by atoms with E-state index in [2.05, 4.69) is 6.08 Å². The fourth-order valence-electron chi connectivity index (χ4n) is 3.62. The second-order valence-electron chi connectivity index (χ2n) is 8.62. The van der Waals surface area contributed by atoms with Crippen molar-refractivity contribution in [2.45, 2.75) is 51.7 Å². The molecule has 0 saturated heterocycles. The number of methoxy groups -OCH3 is 2. The first-order chi connectivity index (χ1) is 15.1. The van der Waals surface area contributed by atoms with E-state index < -0.39 is 11.7 Å². The predicted molar refractivity (Wildman–Crippen MR) is 125 cm³/mol. The molecule has 0 aliphatic carbocycles. The second kappa shape index (κ2) is 9.67. The summed E-state index contributed by atoms with van der Waals surface area (Å²) in [7, 11) is 3.17. The van der Waals surface area contributed by atoms with Crippen LogP contribution in [0.4, 0.5) is 0 Å². The van der Waals surface area contributed by atoms with Crippen molar-refractivity contribution in [3.05, 3.63) is 53.6 Å². The summed E-state index contributed by atoms with van der Waals surface area (Å²) < 4.78 is 16.9. The molecule has 0 unspecified atom stereocenters. The minimum Gasteiger partial charge on any atom is -0.508 e. The van der Waals surface area contributed by atoms with E-state index in [0.717, 1.165) is 28.5 Å². The van der Waals surface area contributed by atoms with Gasteiger partial charge in [-0.25, -0.2) is 0 Å². The van der Waals surface area contributed by atoms with Crippen LogP contribution in [-0.4, -0.2) is 41.2 Å². The Balaban J connectivity index is 1.89. The van der Waals surface area contributed by atoms with E-state index in [1.165, 1.54) is 0 Å². The van der Waals surface area contributed by atoms with Crippen molar-refractivity contribution in [2.24, 2.45) is 0 Å². The molecule has 0 amide bonds. The molecule has 0 bridgehead atoms. The molecule has 1 heterocycles. The lowest BCUT2D eigenvalue weighted by molar-refractivity contribution is -0.0797. The molecule has 0 spiro atoms. The Morgan fingerprint density at radius 3 is 2.53 bits per heavy atom. The molecule has 6 nitrogen and oxygen atoms in total. The maximum atomic E-state index is 10.4. The summed E-state index contributed by atoms with van der Waals surface area (Å²) in [6, 6.07) is 10.1. The molecule has 6 heteroatoms. The average molecular weight is 441 g/mol. The number of hydrogen-bond acceptors (Lipinski definition) is 6. The zero-order chi connectivity index (χ0) is 23.5. The number of aromatic hydroxyl groups is 2. The predicted octanol–water partition coefficient (Wildman–Crippen LogP) is 5.57.